The van der Waals surface area contributed by atoms with Crippen molar-refractivity contribution in [3.8, 4) is 23.0 Å². The summed E-state index contributed by atoms with van der Waals surface area (Å²) in [5.74, 6) is 3.59. The number of benzene rings is 3. The van der Waals surface area contributed by atoms with Crippen molar-refractivity contribution in [1.29, 1.82) is 0 Å². The van der Waals surface area contributed by atoms with E-state index in [0.717, 1.165) is 39.5 Å². The largest absolute Gasteiger partial charge is 0.493 e. The van der Waals surface area contributed by atoms with E-state index < -0.39 is 6.10 Å². The van der Waals surface area contributed by atoms with E-state index in [0.29, 0.717) is 30.7 Å². The topological polar surface area (TPSA) is 79.7 Å². The van der Waals surface area contributed by atoms with Gasteiger partial charge in [0, 0.05) is 16.7 Å². The maximum Gasteiger partial charge on any atom is 0.226 e. The molecular weight excluding hydrogens is 468 g/mol. The molecule has 0 saturated carbocycles. The molecule has 0 amide bonds. The lowest BCUT2D eigenvalue weighted by molar-refractivity contribution is 0.215. The van der Waals surface area contributed by atoms with Crippen LogP contribution in [-0.4, -0.2) is 35.1 Å². The van der Waals surface area contributed by atoms with Crippen LogP contribution in [0.25, 0.3) is 5.70 Å². The number of anilines is 1. The van der Waals surface area contributed by atoms with Gasteiger partial charge in [0.25, 0.3) is 0 Å². The standard InChI is InChI=1S/C29H28N4O4/c1-4-35-21-12-8-7-11-20(21)28-25-26(19-10-6-9-13-22(19)37-28)32-29-30-17-31-33(29)27(25)18-14-15-23(36-5-2)24(16-18)34-3/h6-17,27-28H,4-5H2,1-3H3,(H,30,31,32)/t27-,28-/m0/s1. The molecule has 0 fully saturated rings. The highest BCUT2D eigenvalue weighted by Gasteiger charge is 2.42. The number of nitrogens with one attached hydrogen (secondary N) is 1. The summed E-state index contributed by atoms with van der Waals surface area (Å²) in [7, 11) is 1.65. The minimum Gasteiger partial charge on any atom is -0.493 e. The first-order chi connectivity index (χ1) is 18.2. The number of hydrogen-bond acceptors (Lipinski definition) is 7. The second-order valence-electron chi connectivity index (χ2n) is 8.69. The fourth-order valence-corrected chi connectivity index (χ4v) is 5.11. The Morgan fingerprint density at radius 2 is 1.70 bits per heavy atom. The lowest BCUT2D eigenvalue weighted by atomic mass is 9.84. The predicted octanol–water partition coefficient (Wildman–Crippen LogP) is 5.64. The van der Waals surface area contributed by atoms with Crippen molar-refractivity contribution in [3.05, 3.63) is 95.3 Å². The summed E-state index contributed by atoms with van der Waals surface area (Å²) in [6.45, 7) is 5.04. The molecule has 3 aromatic carbocycles. The van der Waals surface area contributed by atoms with Gasteiger partial charge >= 0.3 is 0 Å². The minimum atomic E-state index is -0.430. The number of methoxy groups -OCH3 is 1. The van der Waals surface area contributed by atoms with E-state index in [2.05, 4.69) is 27.5 Å². The predicted molar refractivity (Wildman–Crippen MR) is 140 cm³/mol. The Morgan fingerprint density at radius 1 is 0.919 bits per heavy atom. The summed E-state index contributed by atoms with van der Waals surface area (Å²) in [5.41, 5.74) is 4.86. The first-order valence-corrected chi connectivity index (χ1v) is 12.4. The molecule has 188 valence electrons. The van der Waals surface area contributed by atoms with Crippen LogP contribution in [0.4, 0.5) is 5.95 Å². The van der Waals surface area contributed by atoms with E-state index >= 15 is 0 Å². The van der Waals surface area contributed by atoms with E-state index in [1.54, 1.807) is 13.4 Å². The molecule has 2 atom stereocenters. The minimum absolute atomic E-state index is 0.314. The van der Waals surface area contributed by atoms with E-state index in [4.69, 9.17) is 18.9 Å². The average molecular weight is 497 g/mol. The van der Waals surface area contributed by atoms with Crippen LogP contribution < -0.4 is 24.3 Å². The maximum atomic E-state index is 6.74. The zero-order valence-electron chi connectivity index (χ0n) is 21.0. The Morgan fingerprint density at radius 3 is 2.54 bits per heavy atom. The highest BCUT2D eigenvalue weighted by Crippen LogP contribution is 2.52. The molecule has 0 saturated heterocycles. The number of fused-ring (bicyclic) bond motifs is 3. The van der Waals surface area contributed by atoms with Crippen molar-refractivity contribution in [3.63, 3.8) is 0 Å². The lowest BCUT2D eigenvalue weighted by Crippen LogP contribution is -2.32. The van der Waals surface area contributed by atoms with Gasteiger partial charge in [0.15, 0.2) is 17.6 Å². The summed E-state index contributed by atoms with van der Waals surface area (Å²) in [4.78, 5) is 4.52. The van der Waals surface area contributed by atoms with Gasteiger partial charge in [-0.15, -0.1) is 0 Å². The Hall–Kier alpha value is -4.46. The van der Waals surface area contributed by atoms with Crippen LogP contribution in [0.5, 0.6) is 23.0 Å². The Bertz CT molecular complexity index is 1480. The number of aromatic nitrogens is 3. The molecule has 3 heterocycles. The van der Waals surface area contributed by atoms with Crippen molar-refractivity contribution in [2.45, 2.75) is 26.0 Å². The Labute approximate surface area is 215 Å². The summed E-state index contributed by atoms with van der Waals surface area (Å²) >= 11 is 0. The van der Waals surface area contributed by atoms with Gasteiger partial charge in [0.05, 0.1) is 26.0 Å². The quantitative estimate of drug-likeness (QED) is 0.354. The summed E-state index contributed by atoms with van der Waals surface area (Å²) in [5, 5.41) is 8.15. The number of rotatable bonds is 7. The highest BCUT2D eigenvalue weighted by atomic mass is 16.5. The third-order valence-electron chi connectivity index (χ3n) is 6.63. The third kappa shape index (κ3) is 3.85. The lowest BCUT2D eigenvalue weighted by Gasteiger charge is -2.39. The Kier molecular flexibility index (Phi) is 5.92. The molecule has 1 aromatic heterocycles. The van der Waals surface area contributed by atoms with Gasteiger partial charge in [-0.2, -0.15) is 10.1 Å². The molecule has 1 N–H and O–H groups in total. The van der Waals surface area contributed by atoms with Crippen molar-refractivity contribution < 1.29 is 18.9 Å². The van der Waals surface area contributed by atoms with Crippen molar-refractivity contribution >= 4 is 11.6 Å². The van der Waals surface area contributed by atoms with Crippen LogP contribution in [0, 0.1) is 0 Å². The molecule has 4 aromatic rings. The second-order valence-corrected chi connectivity index (χ2v) is 8.69. The van der Waals surface area contributed by atoms with Crippen LogP contribution >= 0.6 is 0 Å². The number of hydrogen-bond donors (Lipinski definition) is 1. The van der Waals surface area contributed by atoms with E-state index in [1.807, 2.05) is 73.1 Å². The van der Waals surface area contributed by atoms with E-state index in [9.17, 15) is 0 Å². The molecule has 8 heteroatoms. The first-order valence-electron chi connectivity index (χ1n) is 12.4. The van der Waals surface area contributed by atoms with Gasteiger partial charge in [-0.1, -0.05) is 36.4 Å². The molecule has 37 heavy (non-hydrogen) atoms. The molecule has 0 aliphatic carbocycles. The first kappa shape index (κ1) is 23.0. The summed E-state index contributed by atoms with van der Waals surface area (Å²) < 4.78 is 26.2. The average Bonchev–Trinajstić information content (AvgIpc) is 3.41. The molecule has 0 bridgehead atoms. The van der Waals surface area contributed by atoms with E-state index in [-0.39, 0.29) is 6.04 Å². The van der Waals surface area contributed by atoms with Crippen LogP contribution in [0.15, 0.2) is 78.6 Å². The zero-order chi connectivity index (χ0) is 25.4. The Balaban J connectivity index is 1.60. The van der Waals surface area contributed by atoms with Crippen LogP contribution in [0.3, 0.4) is 0 Å². The van der Waals surface area contributed by atoms with Crippen molar-refractivity contribution in [1.82, 2.24) is 14.8 Å². The summed E-state index contributed by atoms with van der Waals surface area (Å²) in [6, 6.07) is 21.7. The monoisotopic (exact) mass is 496 g/mol. The molecule has 8 nitrogen and oxygen atoms in total. The van der Waals surface area contributed by atoms with Gasteiger partial charge in [0.1, 0.15) is 23.9 Å². The number of ether oxygens (including phenoxy) is 4. The van der Waals surface area contributed by atoms with Crippen LogP contribution in [0.1, 0.15) is 42.7 Å². The third-order valence-corrected chi connectivity index (χ3v) is 6.63. The number of nitrogens with zero attached hydrogens (tertiary/aromatic N) is 3. The fraction of sp³-hybridized carbons (Fsp3) is 0.241. The molecule has 0 spiro atoms. The molecule has 0 unspecified atom stereocenters. The van der Waals surface area contributed by atoms with Gasteiger partial charge in [0.2, 0.25) is 5.95 Å². The zero-order valence-corrected chi connectivity index (χ0v) is 21.0. The molecule has 0 radical (unpaired) electrons. The smallest absolute Gasteiger partial charge is 0.226 e. The molecular formula is C29H28N4O4. The van der Waals surface area contributed by atoms with Gasteiger partial charge in [-0.25, -0.2) is 4.68 Å². The number of para-hydroxylation sites is 2. The maximum absolute atomic E-state index is 6.74. The van der Waals surface area contributed by atoms with Gasteiger partial charge in [-0.05, 0) is 49.7 Å². The SMILES string of the molecule is CCOc1ccc([C@H]2C3=C(Nc4ncnn42)c2ccccc2O[C@H]3c2ccccc2OCC)cc1OC. The van der Waals surface area contributed by atoms with Crippen LogP contribution in [-0.2, 0) is 0 Å². The molecule has 6 rings (SSSR count). The van der Waals surface area contributed by atoms with E-state index in [1.165, 1.54) is 0 Å². The van der Waals surface area contributed by atoms with Gasteiger partial charge in [-0.3, -0.25) is 0 Å². The van der Waals surface area contributed by atoms with Crippen LogP contribution in [0.2, 0.25) is 0 Å². The molecule has 2 aliphatic rings. The molecule has 2 aliphatic heterocycles. The van der Waals surface area contributed by atoms with Crippen molar-refractivity contribution in [2.75, 3.05) is 25.6 Å². The normalized spacial score (nSPS) is 17.6. The van der Waals surface area contributed by atoms with Gasteiger partial charge < -0.3 is 24.3 Å². The van der Waals surface area contributed by atoms with Crippen molar-refractivity contribution in [2.24, 2.45) is 0 Å². The highest BCUT2D eigenvalue weighted by molar-refractivity contribution is 5.85. The summed E-state index contributed by atoms with van der Waals surface area (Å²) in [6.07, 6.45) is 1.13. The second kappa shape index (κ2) is 9.54. The fourth-order valence-electron chi connectivity index (χ4n) is 5.11.